The maximum atomic E-state index is 12.1. The van der Waals surface area contributed by atoms with E-state index in [-0.39, 0.29) is 0 Å². The largest absolute Gasteiger partial charge is 0.480 e. The predicted molar refractivity (Wildman–Crippen MR) is 112 cm³/mol. The Labute approximate surface area is 166 Å². The number of hydrogen-bond acceptors (Lipinski definition) is 5. The molecule has 7 heteroatoms. The van der Waals surface area contributed by atoms with Crippen molar-refractivity contribution in [2.45, 2.75) is 6.04 Å². The number of anilines is 1. The molecule has 28 heavy (non-hydrogen) atoms. The van der Waals surface area contributed by atoms with Gasteiger partial charge in [0, 0.05) is 54.2 Å². The van der Waals surface area contributed by atoms with Crippen molar-refractivity contribution in [1.82, 2.24) is 14.3 Å². The van der Waals surface area contributed by atoms with Crippen molar-refractivity contribution in [3.05, 3.63) is 60.3 Å². The number of para-hydroxylation sites is 1. The summed E-state index contributed by atoms with van der Waals surface area (Å²) < 4.78 is 5.83. The average molecular weight is 392 g/mol. The van der Waals surface area contributed by atoms with E-state index >= 15 is 0 Å². The van der Waals surface area contributed by atoms with Crippen LogP contribution >= 0.6 is 11.5 Å². The fraction of sp³-hybridized carbons (Fsp3) is 0.238. The molecule has 6 nitrogen and oxygen atoms in total. The van der Waals surface area contributed by atoms with Crippen LogP contribution in [0.5, 0.6) is 0 Å². The Morgan fingerprint density at radius 2 is 1.75 bits per heavy atom. The summed E-state index contributed by atoms with van der Waals surface area (Å²) in [6.45, 7) is 2.89. The number of carboxylic acids is 1. The van der Waals surface area contributed by atoms with Crippen molar-refractivity contribution in [2.75, 3.05) is 31.1 Å². The first-order valence-electron chi connectivity index (χ1n) is 9.34. The first-order chi connectivity index (χ1) is 13.7. The Kier molecular flexibility index (Phi) is 4.26. The minimum atomic E-state index is -0.808. The smallest absolute Gasteiger partial charge is 0.325 e. The third-order valence-corrected chi connectivity index (χ3v) is 6.30. The zero-order valence-corrected chi connectivity index (χ0v) is 16.0. The number of nitrogens with one attached hydrogen (secondary N) is 1. The topological polar surface area (TPSA) is 72.5 Å². The number of carboxylic acid groups (broad SMARTS) is 1. The number of aliphatic carboxylic acids is 1. The predicted octanol–water partition coefficient (Wildman–Crippen LogP) is 3.73. The molecule has 4 aromatic rings. The molecule has 0 amide bonds. The molecule has 1 saturated heterocycles. The van der Waals surface area contributed by atoms with Gasteiger partial charge in [0.05, 0.1) is 4.70 Å². The number of nitrogens with zero attached hydrogens (tertiary/aromatic N) is 3. The van der Waals surface area contributed by atoms with E-state index < -0.39 is 12.0 Å². The summed E-state index contributed by atoms with van der Waals surface area (Å²) in [6.07, 6.45) is 1.84. The van der Waals surface area contributed by atoms with Crippen LogP contribution in [0.4, 0.5) is 5.82 Å². The van der Waals surface area contributed by atoms with Crippen molar-refractivity contribution in [2.24, 2.45) is 0 Å². The standard InChI is InChI=1S/C21H20N4O2S/c26-21(27)19(16-13-22-17-7-3-1-5-14(16)17)24-9-11-25(12-10-24)20-15-6-2-4-8-18(15)28-23-20/h1-8,13,19,22H,9-12H2,(H,26,27)/t19-/m1/s1. The minimum absolute atomic E-state index is 0.648. The lowest BCUT2D eigenvalue weighted by atomic mass is 10.0. The van der Waals surface area contributed by atoms with Crippen LogP contribution in [0.15, 0.2) is 54.7 Å². The number of benzene rings is 2. The van der Waals surface area contributed by atoms with Crippen molar-refractivity contribution in [1.29, 1.82) is 0 Å². The van der Waals surface area contributed by atoms with Crippen molar-refractivity contribution >= 4 is 44.3 Å². The molecule has 1 atom stereocenters. The molecule has 5 rings (SSSR count). The molecule has 2 aromatic heterocycles. The van der Waals surface area contributed by atoms with Gasteiger partial charge in [-0.3, -0.25) is 9.69 Å². The van der Waals surface area contributed by atoms with Crippen LogP contribution in [0.3, 0.4) is 0 Å². The van der Waals surface area contributed by atoms with Gasteiger partial charge in [0.15, 0.2) is 0 Å². The van der Waals surface area contributed by atoms with Gasteiger partial charge >= 0.3 is 5.97 Å². The number of hydrogen-bond donors (Lipinski definition) is 2. The molecule has 0 spiro atoms. The number of aromatic amines is 1. The molecule has 1 aliphatic heterocycles. The highest BCUT2D eigenvalue weighted by atomic mass is 32.1. The molecule has 142 valence electrons. The maximum absolute atomic E-state index is 12.1. The Bertz CT molecular complexity index is 1140. The van der Waals surface area contributed by atoms with Crippen LogP contribution in [0.25, 0.3) is 21.0 Å². The Hall–Kier alpha value is -2.90. The summed E-state index contributed by atoms with van der Waals surface area (Å²) >= 11 is 1.52. The summed E-state index contributed by atoms with van der Waals surface area (Å²) in [4.78, 5) is 19.7. The molecular weight excluding hydrogens is 372 g/mol. The van der Waals surface area contributed by atoms with Gasteiger partial charge in [-0.25, -0.2) is 0 Å². The van der Waals surface area contributed by atoms with Crippen LogP contribution in [-0.4, -0.2) is 51.5 Å². The molecule has 2 N–H and O–H groups in total. The molecule has 3 heterocycles. The zero-order chi connectivity index (χ0) is 19.1. The molecule has 1 aliphatic rings. The molecule has 0 radical (unpaired) electrons. The van der Waals surface area contributed by atoms with E-state index in [0.717, 1.165) is 35.4 Å². The van der Waals surface area contributed by atoms with E-state index in [2.05, 4.69) is 31.3 Å². The van der Waals surface area contributed by atoms with E-state index in [1.54, 1.807) is 0 Å². The Morgan fingerprint density at radius 3 is 2.54 bits per heavy atom. The van der Waals surface area contributed by atoms with Gasteiger partial charge in [-0.1, -0.05) is 30.3 Å². The lowest BCUT2D eigenvalue weighted by molar-refractivity contribution is -0.143. The first-order valence-corrected chi connectivity index (χ1v) is 10.1. The fourth-order valence-corrected chi connectivity index (χ4v) is 4.89. The van der Waals surface area contributed by atoms with Crippen molar-refractivity contribution in [3.63, 3.8) is 0 Å². The van der Waals surface area contributed by atoms with Gasteiger partial charge in [-0.2, -0.15) is 4.37 Å². The van der Waals surface area contributed by atoms with Gasteiger partial charge in [-0.05, 0) is 29.7 Å². The number of fused-ring (bicyclic) bond motifs is 2. The minimum Gasteiger partial charge on any atom is -0.480 e. The van der Waals surface area contributed by atoms with E-state index in [4.69, 9.17) is 0 Å². The molecule has 2 aromatic carbocycles. The summed E-state index contributed by atoms with van der Waals surface area (Å²) in [7, 11) is 0. The molecule has 0 unspecified atom stereocenters. The van der Waals surface area contributed by atoms with Crippen LogP contribution in [0, 0.1) is 0 Å². The second-order valence-electron chi connectivity index (χ2n) is 7.06. The van der Waals surface area contributed by atoms with E-state index in [9.17, 15) is 9.90 Å². The molecule has 0 aliphatic carbocycles. The van der Waals surface area contributed by atoms with Gasteiger partial charge in [-0.15, -0.1) is 0 Å². The highest BCUT2D eigenvalue weighted by Gasteiger charge is 2.32. The van der Waals surface area contributed by atoms with Gasteiger partial charge < -0.3 is 15.0 Å². The number of H-pyrrole nitrogens is 1. The lowest BCUT2D eigenvalue weighted by Crippen LogP contribution is -2.49. The Balaban J connectivity index is 1.39. The van der Waals surface area contributed by atoms with Crippen LogP contribution < -0.4 is 4.90 Å². The van der Waals surface area contributed by atoms with Crippen molar-refractivity contribution in [3.8, 4) is 0 Å². The summed E-state index contributed by atoms with van der Waals surface area (Å²) in [5.41, 5.74) is 1.80. The lowest BCUT2D eigenvalue weighted by Gasteiger charge is -2.38. The second-order valence-corrected chi connectivity index (χ2v) is 7.86. The quantitative estimate of drug-likeness (QED) is 0.554. The molecule has 0 bridgehead atoms. The highest BCUT2D eigenvalue weighted by molar-refractivity contribution is 7.13. The number of piperazine rings is 1. The summed E-state index contributed by atoms with van der Waals surface area (Å²) in [5.74, 6) is 0.205. The molecular formula is C21H20N4O2S. The molecule has 1 fully saturated rings. The van der Waals surface area contributed by atoms with Crippen LogP contribution in [0.2, 0.25) is 0 Å². The monoisotopic (exact) mass is 392 g/mol. The third kappa shape index (κ3) is 2.83. The van der Waals surface area contributed by atoms with Crippen LogP contribution in [-0.2, 0) is 4.79 Å². The van der Waals surface area contributed by atoms with Gasteiger partial charge in [0.25, 0.3) is 0 Å². The highest BCUT2D eigenvalue weighted by Crippen LogP contribution is 2.32. The summed E-state index contributed by atoms with van der Waals surface area (Å²) in [5, 5.41) is 12.1. The normalized spacial score (nSPS) is 16.6. The van der Waals surface area contributed by atoms with Gasteiger partial charge in [0.2, 0.25) is 0 Å². The van der Waals surface area contributed by atoms with Crippen molar-refractivity contribution < 1.29 is 9.90 Å². The SMILES string of the molecule is O=C(O)[C@@H](c1c[nH]c2ccccc12)N1CCN(c2nsc3ccccc23)CC1. The maximum Gasteiger partial charge on any atom is 0.325 e. The van der Waals surface area contributed by atoms with E-state index in [1.807, 2.05) is 42.6 Å². The zero-order valence-electron chi connectivity index (χ0n) is 15.2. The number of rotatable bonds is 4. The van der Waals surface area contributed by atoms with Gasteiger partial charge in [0.1, 0.15) is 11.9 Å². The van der Waals surface area contributed by atoms with E-state index in [0.29, 0.717) is 13.1 Å². The third-order valence-electron chi connectivity index (χ3n) is 5.49. The summed E-state index contributed by atoms with van der Waals surface area (Å²) in [6, 6.07) is 15.5. The average Bonchev–Trinajstić information content (AvgIpc) is 3.33. The second kappa shape index (κ2) is 6.92. The fourth-order valence-electron chi connectivity index (χ4n) is 4.10. The number of aromatic nitrogens is 2. The first kappa shape index (κ1) is 17.2. The van der Waals surface area contributed by atoms with E-state index in [1.165, 1.54) is 21.6 Å². The van der Waals surface area contributed by atoms with Crippen LogP contribution in [0.1, 0.15) is 11.6 Å². The number of carbonyl (C=O) groups is 1. The Morgan fingerprint density at radius 1 is 1.04 bits per heavy atom. The molecule has 0 saturated carbocycles.